The Balaban J connectivity index is 1.59. The first-order valence-corrected chi connectivity index (χ1v) is 9.04. The van der Waals surface area contributed by atoms with Gasteiger partial charge in [-0.2, -0.15) is 0 Å². The van der Waals surface area contributed by atoms with Crippen molar-refractivity contribution in [3.8, 4) is 10.6 Å². The van der Waals surface area contributed by atoms with E-state index in [4.69, 9.17) is 0 Å². The number of pyridine rings is 1. The molecule has 1 fully saturated rings. The monoisotopic (exact) mass is 343 g/mol. The quantitative estimate of drug-likeness (QED) is 0.928. The van der Waals surface area contributed by atoms with Crippen molar-refractivity contribution in [3.63, 3.8) is 0 Å². The number of likely N-dealkylation sites (tertiary alicyclic amines) is 1. The predicted octanol–water partition coefficient (Wildman–Crippen LogP) is 2.68. The van der Waals surface area contributed by atoms with Gasteiger partial charge in [-0.15, -0.1) is 11.3 Å². The molecule has 6 heteroatoms. The van der Waals surface area contributed by atoms with Crippen molar-refractivity contribution >= 4 is 23.2 Å². The Labute approximate surface area is 145 Å². The number of carbonyl (C=O) groups is 2. The second-order valence-electron chi connectivity index (χ2n) is 5.99. The van der Waals surface area contributed by atoms with Crippen LogP contribution < -0.4 is 5.32 Å². The highest BCUT2D eigenvalue weighted by atomic mass is 32.1. The molecule has 0 saturated carbocycles. The number of thiophene rings is 1. The van der Waals surface area contributed by atoms with Crippen LogP contribution in [0, 0.1) is 5.92 Å². The normalized spacial score (nSPS) is 15.3. The Kier molecular flexibility index (Phi) is 5.25. The summed E-state index contributed by atoms with van der Waals surface area (Å²) in [6.45, 7) is 3.39. The van der Waals surface area contributed by atoms with Gasteiger partial charge in [0, 0.05) is 38.7 Å². The van der Waals surface area contributed by atoms with E-state index in [-0.39, 0.29) is 17.7 Å². The highest BCUT2D eigenvalue weighted by molar-refractivity contribution is 7.13. The van der Waals surface area contributed by atoms with Crippen LogP contribution >= 0.6 is 11.3 Å². The third kappa shape index (κ3) is 3.82. The summed E-state index contributed by atoms with van der Waals surface area (Å²) >= 11 is 1.64. The van der Waals surface area contributed by atoms with Gasteiger partial charge in [-0.25, -0.2) is 0 Å². The standard InChI is InChI=1S/C18H21N3O2S/c1-13(22)21-9-6-14(7-10-21)18(23)20-12-15-4-2-8-19-17(15)16-5-3-11-24-16/h2-5,8,11,14H,6-7,9-10,12H2,1H3,(H,20,23). The highest BCUT2D eigenvalue weighted by Gasteiger charge is 2.25. The molecule has 0 aromatic carbocycles. The first-order chi connectivity index (χ1) is 11.6. The van der Waals surface area contributed by atoms with E-state index in [9.17, 15) is 9.59 Å². The Bertz CT molecular complexity index is 707. The highest BCUT2D eigenvalue weighted by Crippen LogP contribution is 2.26. The third-order valence-corrected chi connectivity index (χ3v) is 5.29. The number of rotatable bonds is 4. The summed E-state index contributed by atoms with van der Waals surface area (Å²) in [4.78, 5) is 31.1. The van der Waals surface area contributed by atoms with Crippen molar-refractivity contribution in [2.75, 3.05) is 13.1 Å². The second-order valence-corrected chi connectivity index (χ2v) is 6.93. The molecule has 0 radical (unpaired) electrons. The van der Waals surface area contributed by atoms with Crippen molar-refractivity contribution in [3.05, 3.63) is 41.4 Å². The van der Waals surface area contributed by atoms with E-state index in [2.05, 4.69) is 10.3 Å². The minimum absolute atomic E-state index is 0.0116. The van der Waals surface area contributed by atoms with Crippen LogP contribution in [0.1, 0.15) is 25.3 Å². The summed E-state index contributed by atoms with van der Waals surface area (Å²) in [6, 6.07) is 7.93. The maximum absolute atomic E-state index is 12.4. The van der Waals surface area contributed by atoms with Crippen LogP contribution in [0.5, 0.6) is 0 Å². The average molecular weight is 343 g/mol. The summed E-state index contributed by atoms with van der Waals surface area (Å²) in [7, 11) is 0. The SMILES string of the molecule is CC(=O)N1CCC(C(=O)NCc2cccnc2-c2cccs2)CC1. The Morgan fingerprint density at radius 3 is 2.75 bits per heavy atom. The maximum atomic E-state index is 12.4. The molecule has 2 aromatic heterocycles. The van der Waals surface area contributed by atoms with Crippen LogP contribution in [0.15, 0.2) is 35.8 Å². The van der Waals surface area contributed by atoms with Crippen LogP contribution in [0.2, 0.25) is 0 Å². The molecule has 0 atom stereocenters. The summed E-state index contributed by atoms with van der Waals surface area (Å²) in [5.41, 5.74) is 1.95. The maximum Gasteiger partial charge on any atom is 0.223 e. The number of nitrogens with one attached hydrogen (secondary N) is 1. The molecule has 1 aliphatic heterocycles. The molecular formula is C18H21N3O2S. The first kappa shape index (κ1) is 16.6. The molecule has 0 bridgehead atoms. The lowest BCUT2D eigenvalue weighted by atomic mass is 9.96. The van der Waals surface area contributed by atoms with Crippen LogP contribution in [-0.2, 0) is 16.1 Å². The lowest BCUT2D eigenvalue weighted by molar-refractivity contribution is -0.134. The number of hydrogen-bond donors (Lipinski definition) is 1. The molecule has 1 N–H and O–H groups in total. The van der Waals surface area contributed by atoms with Gasteiger partial charge in [-0.3, -0.25) is 14.6 Å². The van der Waals surface area contributed by atoms with Gasteiger partial charge in [0.1, 0.15) is 0 Å². The molecule has 2 amide bonds. The lowest BCUT2D eigenvalue weighted by Gasteiger charge is -2.30. The molecule has 126 valence electrons. The molecule has 1 saturated heterocycles. The van der Waals surface area contributed by atoms with Crippen molar-refractivity contribution < 1.29 is 9.59 Å². The fourth-order valence-corrected chi connectivity index (χ4v) is 3.76. The molecular weight excluding hydrogens is 322 g/mol. The number of piperidine rings is 1. The molecule has 0 aliphatic carbocycles. The van der Waals surface area contributed by atoms with Crippen molar-refractivity contribution in [2.24, 2.45) is 5.92 Å². The lowest BCUT2D eigenvalue weighted by Crippen LogP contribution is -2.42. The van der Waals surface area contributed by atoms with Gasteiger partial charge >= 0.3 is 0 Å². The van der Waals surface area contributed by atoms with E-state index in [0.29, 0.717) is 19.6 Å². The van der Waals surface area contributed by atoms with Crippen LogP contribution in [0.25, 0.3) is 10.6 Å². The second kappa shape index (κ2) is 7.57. The van der Waals surface area contributed by atoms with Crippen LogP contribution in [0.3, 0.4) is 0 Å². The Hall–Kier alpha value is -2.21. The average Bonchev–Trinajstić information content (AvgIpc) is 3.14. The van der Waals surface area contributed by atoms with Gasteiger partial charge in [0.2, 0.25) is 11.8 Å². The Morgan fingerprint density at radius 2 is 2.08 bits per heavy atom. The Morgan fingerprint density at radius 1 is 1.29 bits per heavy atom. The van der Waals surface area contributed by atoms with Crippen molar-refractivity contribution in [1.29, 1.82) is 0 Å². The summed E-state index contributed by atoms with van der Waals surface area (Å²) < 4.78 is 0. The number of hydrogen-bond acceptors (Lipinski definition) is 4. The minimum Gasteiger partial charge on any atom is -0.352 e. The van der Waals surface area contributed by atoms with E-state index in [1.165, 1.54) is 0 Å². The smallest absolute Gasteiger partial charge is 0.223 e. The predicted molar refractivity (Wildman–Crippen MR) is 94.4 cm³/mol. The molecule has 2 aromatic rings. The minimum atomic E-state index is -0.0116. The zero-order chi connectivity index (χ0) is 16.9. The van der Waals surface area contributed by atoms with E-state index in [0.717, 1.165) is 29.0 Å². The van der Waals surface area contributed by atoms with Gasteiger partial charge < -0.3 is 10.2 Å². The molecule has 24 heavy (non-hydrogen) atoms. The van der Waals surface area contributed by atoms with Crippen molar-refractivity contribution in [2.45, 2.75) is 26.3 Å². The van der Waals surface area contributed by atoms with Gasteiger partial charge in [0.15, 0.2) is 0 Å². The van der Waals surface area contributed by atoms with E-state index >= 15 is 0 Å². The van der Waals surface area contributed by atoms with Gasteiger partial charge in [0.05, 0.1) is 10.6 Å². The zero-order valence-corrected chi connectivity index (χ0v) is 14.5. The van der Waals surface area contributed by atoms with Crippen molar-refractivity contribution in [1.82, 2.24) is 15.2 Å². The summed E-state index contributed by atoms with van der Waals surface area (Å²) in [5, 5.41) is 5.06. The fraction of sp³-hybridized carbons (Fsp3) is 0.389. The van der Waals surface area contributed by atoms with Gasteiger partial charge in [-0.05, 0) is 35.9 Å². The van der Waals surface area contributed by atoms with E-state index < -0.39 is 0 Å². The first-order valence-electron chi connectivity index (χ1n) is 8.16. The number of aromatic nitrogens is 1. The molecule has 3 rings (SSSR count). The summed E-state index contributed by atoms with van der Waals surface area (Å²) in [6.07, 6.45) is 3.24. The van der Waals surface area contributed by atoms with Gasteiger partial charge in [0.25, 0.3) is 0 Å². The van der Waals surface area contributed by atoms with E-state index in [1.807, 2.05) is 29.6 Å². The van der Waals surface area contributed by atoms with Crippen LogP contribution in [0.4, 0.5) is 0 Å². The van der Waals surface area contributed by atoms with Gasteiger partial charge in [-0.1, -0.05) is 12.1 Å². The topological polar surface area (TPSA) is 62.3 Å². The fourth-order valence-electron chi connectivity index (χ4n) is 3.00. The summed E-state index contributed by atoms with van der Waals surface area (Å²) in [5.74, 6) is 0.145. The molecule has 3 heterocycles. The zero-order valence-electron chi connectivity index (χ0n) is 13.7. The number of carbonyl (C=O) groups excluding carboxylic acids is 2. The molecule has 0 spiro atoms. The number of amides is 2. The molecule has 1 aliphatic rings. The third-order valence-electron chi connectivity index (χ3n) is 4.41. The van der Waals surface area contributed by atoms with Crippen LogP contribution in [-0.4, -0.2) is 34.8 Å². The molecule has 0 unspecified atom stereocenters. The van der Waals surface area contributed by atoms with E-state index in [1.54, 1.807) is 29.4 Å². The largest absolute Gasteiger partial charge is 0.352 e. The molecule has 5 nitrogen and oxygen atoms in total. The number of nitrogens with zero attached hydrogens (tertiary/aromatic N) is 2.